The van der Waals surface area contributed by atoms with Crippen LogP contribution in [0.2, 0.25) is 0 Å². The molecule has 140 valence electrons. The van der Waals surface area contributed by atoms with E-state index in [0.29, 0.717) is 12.8 Å². The van der Waals surface area contributed by atoms with Crippen LogP contribution in [0.25, 0.3) is 0 Å². The highest BCUT2D eigenvalue weighted by molar-refractivity contribution is 5.80. The van der Waals surface area contributed by atoms with Gasteiger partial charge in [-0.05, 0) is 35.7 Å². The monoisotopic (exact) mass is 354 g/mol. The van der Waals surface area contributed by atoms with Gasteiger partial charge < -0.3 is 15.8 Å². The predicted octanol–water partition coefficient (Wildman–Crippen LogP) is 3.03. The Hall–Kier alpha value is -2.01. The number of hydrogen-bond donors (Lipinski definition) is 2. The molecule has 1 aliphatic rings. The summed E-state index contributed by atoms with van der Waals surface area (Å²) in [7, 11) is 1.50. The first-order chi connectivity index (χ1) is 12.8. The van der Waals surface area contributed by atoms with Gasteiger partial charge in [-0.1, -0.05) is 55.5 Å². The molecule has 0 bridgehead atoms. The summed E-state index contributed by atoms with van der Waals surface area (Å²) in [6.45, 7) is 4.47. The minimum absolute atomic E-state index is 0.136. The topological polar surface area (TPSA) is 64.3 Å². The predicted molar refractivity (Wildman–Crippen MR) is 106 cm³/mol. The fourth-order valence-electron chi connectivity index (χ4n) is 3.12. The molecule has 26 heavy (non-hydrogen) atoms. The zero-order chi connectivity index (χ0) is 18.8. The average molecular weight is 354 g/mol. The van der Waals surface area contributed by atoms with E-state index in [1.165, 1.54) is 23.7 Å². The number of ketones is 1. The van der Waals surface area contributed by atoms with E-state index in [2.05, 4.69) is 59.6 Å². The van der Waals surface area contributed by atoms with Gasteiger partial charge in [0.05, 0.1) is 12.7 Å². The highest BCUT2D eigenvalue weighted by Gasteiger charge is 2.18. The summed E-state index contributed by atoms with van der Waals surface area (Å²) in [5, 5.41) is 3.40. The van der Waals surface area contributed by atoms with Crippen molar-refractivity contribution < 1.29 is 9.53 Å². The van der Waals surface area contributed by atoms with Gasteiger partial charge in [0.1, 0.15) is 5.78 Å². The lowest BCUT2D eigenvalue weighted by Gasteiger charge is -2.26. The molecule has 3 rings (SSSR count). The lowest BCUT2D eigenvalue weighted by Crippen LogP contribution is -2.33. The third kappa shape index (κ3) is 5.77. The summed E-state index contributed by atoms with van der Waals surface area (Å²) in [5.41, 5.74) is 9.44. The van der Waals surface area contributed by atoms with Crippen LogP contribution in [0.3, 0.4) is 0 Å². The number of Topliss-reactive ketones (excluding diaryl/α,β-unsaturated/α-hetero) is 1. The van der Waals surface area contributed by atoms with Crippen LogP contribution in [0.4, 0.5) is 0 Å². The van der Waals surface area contributed by atoms with Crippen LogP contribution in [0.5, 0.6) is 0 Å². The van der Waals surface area contributed by atoms with Gasteiger partial charge in [-0.15, -0.1) is 0 Å². The van der Waals surface area contributed by atoms with Crippen LogP contribution in [-0.4, -0.2) is 32.5 Å². The van der Waals surface area contributed by atoms with Crippen LogP contribution in [0, 0.1) is 0 Å². The number of rotatable bonds is 6. The van der Waals surface area contributed by atoms with E-state index in [9.17, 15) is 4.79 Å². The van der Waals surface area contributed by atoms with Crippen molar-refractivity contribution in [3.8, 4) is 0 Å². The Bertz CT molecular complexity index is 677. The molecule has 0 saturated carbocycles. The van der Waals surface area contributed by atoms with E-state index in [1.54, 1.807) is 0 Å². The summed E-state index contributed by atoms with van der Waals surface area (Å²) in [6.07, 6.45) is 2.16. The highest BCUT2D eigenvalue weighted by Crippen LogP contribution is 2.24. The zero-order valence-electron chi connectivity index (χ0n) is 15.8. The molecule has 1 unspecified atom stereocenters. The SMILES string of the molecule is CCC(=O)Cc1ccc(Cc2ccccc2C2CNCCO2)cc1.CN. The molecule has 1 atom stereocenters. The number of morpholine rings is 1. The van der Waals surface area contributed by atoms with Crippen LogP contribution >= 0.6 is 0 Å². The molecule has 1 saturated heterocycles. The van der Waals surface area contributed by atoms with Crippen molar-refractivity contribution >= 4 is 5.78 Å². The van der Waals surface area contributed by atoms with Crippen molar-refractivity contribution in [3.05, 3.63) is 70.8 Å². The van der Waals surface area contributed by atoms with Crippen molar-refractivity contribution in [3.63, 3.8) is 0 Å². The maximum absolute atomic E-state index is 11.6. The largest absolute Gasteiger partial charge is 0.371 e. The van der Waals surface area contributed by atoms with Crippen molar-refractivity contribution in [2.45, 2.75) is 32.3 Å². The molecule has 2 aromatic rings. The molecule has 1 fully saturated rings. The molecule has 2 aromatic carbocycles. The second kappa shape index (κ2) is 10.9. The minimum Gasteiger partial charge on any atom is -0.371 e. The molecule has 0 spiro atoms. The number of carbonyl (C=O) groups excluding carboxylic acids is 1. The molecule has 0 aromatic heterocycles. The smallest absolute Gasteiger partial charge is 0.136 e. The van der Waals surface area contributed by atoms with Gasteiger partial charge in [-0.25, -0.2) is 0 Å². The quantitative estimate of drug-likeness (QED) is 0.837. The van der Waals surface area contributed by atoms with Gasteiger partial charge in [0.15, 0.2) is 0 Å². The molecule has 4 heteroatoms. The first kappa shape index (κ1) is 20.3. The summed E-state index contributed by atoms with van der Waals surface area (Å²) >= 11 is 0. The number of ether oxygens (including phenoxy) is 1. The summed E-state index contributed by atoms with van der Waals surface area (Å²) in [5.74, 6) is 0.287. The van der Waals surface area contributed by atoms with Crippen LogP contribution < -0.4 is 11.1 Å². The fourth-order valence-corrected chi connectivity index (χ4v) is 3.12. The van der Waals surface area contributed by atoms with Gasteiger partial charge in [-0.2, -0.15) is 0 Å². The van der Waals surface area contributed by atoms with E-state index in [0.717, 1.165) is 31.7 Å². The molecule has 0 amide bonds. The molecule has 0 radical (unpaired) electrons. The lowest BCUT2D eigenvalue weighted by molar-refractivity contribution is -0.118. The van der Waals surface area contributed by atoms with Crippen LogP contribution in [-0.2, 0) is 22.4 Å². The van der Waals surface area contributed by atoms with Gasteiger partial charge in [0.25, 0.3) is 0 Å². The fraction of sp³-hybridized carbons (Fsp3) is 0.409. The molecular formula is C22H30N2O2. The van der Waals surface area contributed by atoms with Gasteiger partial charge in [0, 0.05) is 25.9 Å². The van der Waals surface area contributed by atoms with Gasteiger partial charge in [0.2, 0.25) is 0 Å². The van der Waals surface area contributed by atoms with E-state index < -0.39 is 0 Å². The molecule has 3 N–H and O–H groups in total. The Morgan fingerprint density at radius 1 is 1.12 bits per heavy atom. The molecule has 0 aliphatic carbocycles. The Morgan fingerprint density at radius 2 is 1.81 bits per heavy atom. The Labute approximate surface area is 156 Å². The molecule has 4 nitrogen and oxygen atoms in total. The second-order valence-electron chi connectivity index (χ2n) is 6.32. The summed E-state index contributed by atoms with van der Waals surface area (Å²) in [4.78, 5) is 11.6. The molecule has 1 heterocycles. The van der Waals surface area contributed by atoms with Crippen molar-refractivity contribution in [2.24, 2.45) is 5.73 Å². The Morgan fingerprint density at radius 3 is 2.46 bits per heavy atom. The number of carbonyl (C=O) groups is 1. The van der Waals surface area contributed by atoms with E-state index >= 15 is 0 Å². The van der Waals surface area contributed by atoms with E-state index in [-0.39, 0.29) is 11.9 Å². The first-order valence-corrected chi connectivity index (χ1v) is 9.33. The standard InChI is InChI=1S/C21H25NO2.CH5N/c1-2-19(23)14-17-9-7-16(8-10-17)13-18-5-3-4-6-20(18)21-15-22-11-12-24-21;1-2/h3-10,21-22H,2,11-15H2,1H3;2H2,1H3. The normalized spacial score (nSPS) is 16.5. The maximum atomic E-state index is 11.6. The second-order valence-corrected chi connectivity index (χ2v) is 6.32. The molecule has 1 aliphatic heterocycles. The molecular weight excluding hydrogens is 324 g/mol. The summed E-state index contributed by atoms with van der Waals surface area (Å²) in [6, 6.07) is 16.9. The van der Waals surface area contributed by atoms with E-state index in [1.807, 2.05) is 6.92 Å². The Kier molecular flexibility index (Phi) is 8.48. The number of benzene rings is 2. The third-order valence-electron chi connectivity index (χ3n) is 4.54. The maximum Gasteiger partial charge on any atom is 0.136 e. The van der Waals surface area contributed by atoms with Gasteiger partial charge >= 0.3 is 0 Å². The van der Waals surface area contributed by atoms with Crippen molar-refractivity contribution in [1.29, 1.82) is 0 Å². The minimum atomic E-state index is 0.136. The zero-order valence-corrected chi connectivity index (χ0v) is 15.8. The summed E-state index contributed by atoms with van der Waals surface area (Å²) < 4.78 is 5.92. The van der Waals surface area contributed by atoms with E-state index in [4.69, 9.17) is 4.74 Å². The average Bonchev–Trinajstić information content (AvgIpc) is 2.72. The highest BCUT2D eigenvalue weighted by atomic mass is 16.5. The van der Waals surface area contributed by atoms with Crippen molar-refractivity contribution in [2.75, 3.05) is 26.7 Å². The first-order valence-electron chi connectivity index (χ1n) is 9.33. The number of nitrogens with two attached hydrogens (primary N) is 1. The van der Waals surface area contributed by atoms with Crippen LogP contribution in [0.1, 0.15) is 41.7 Å². The van der Waals surface area contributed by atoms with Crippen molar-refractivity contribution in [1.82, 2.24) is 5.32 Å². The number of nitrogens with one attached hydrogen (secondary N) is 1. The van der Waals surface area contributed by atoms with Crippen LogP contribution in [0.15, 0.2) is 48.5 Å². The van der Waals surface area contributed by atoms with Gasteiger partial charge in [-0.3, -0.25) is 4.79 Å². The third-order valence-corrected chi connectivity index (χ3v) is 4.54. The lowest BCUT2D eigenvalue weighted by atomic mass is 9.95. The number of hydrogen-bond acceptors (Lipinski definition) is 4. The Balaban J connectivity index is 0.00000117.